The highest BCUT2D eigenvalue weighted by Gasteiger charge is 2.54. The van der Waals surface area contributed by atoms with Crippen LogP contribution in [0.1, 0.15) is 88.2 Å². The molecule has 6 heteroatoms. The summed E-state index contributed by atoms with van der Waals surface area (Å²) in [7, 11) is 0. The molecular formula is C40H48O6. The molecule has 6 nitrogen and oxygen atoms in total. The molecule has 0 N–H and O–H groups in total. The molecule has 46 heavy (non-hydrogen) atoms. The van der Waals surface area contributed by atoms with Crippen LogP contribution in [0.5, 0.6) is 11.5 Å². The van der Waals surface area contributed by atoms with Crippen LogP contribution in [0.4, 0.5) is 0 Å². The smallest absolute Gasteiger partial charge is 0.164 e. The Kier molecular flexibility index (Phi) is 6.72. The summed E-state index contributed by atoms with van der Waals surface area (Å²) < 4.78 is 35.7. The molecular weight excluding hydrogens is 576 g/mol. The molecule has 0 saturated heterocycles. The normalized spacial score (nSPS) is 37.1. The average molecular weight is 625 g/mol. The first-order valence-corrected chi connectivity index (χ1v) is 18.3. The van der Waals surface area contributed by atoms with Gasteiger partial charge in [-0.1, -0.05) is 18.2 Å². The van der Waals surface area contributed by atoms with Gasteiger partial charge in [0.25, 0.3) is 0 Å². The van der Waals surface area contributed by atoms with Crippen molar-refractivity contribution in [2.24, 2.45) is 35.5 Å². The number of rotatable bonds is 14. The molecule has 0 unspecified atom stereocenters. The molecule has 0 spiro atoms. The van der Waals surface area contributed by atoms with E-state index < -0.39 is 0 Å². The van der Waals surface area contributed by atoms with Gasteiger partial charge in [-0.05, 0) is 140 Å². The van der Waals surface area contributed by atoms with Crippen LogP contribution >= 0.6 is 0 Å². The first kappa shape index (κ1) is 28.3. The van der Waals surface area contributed by atoms with Crippen LogP contribution < -0.4 is 9.47 Å². The Balaban J connectivity index is 1.06. The first-order valence-electron chi connectivity index (χ1n) is 18.3. The molecule has 8 fully saturated rings. The molecule has 0 radical (unpaired) electrons. The monoisotopic (exact) mass is 624 g/mol. The number of fused-ring (bicyclic) bond motifs is 1. The van der Waals surface area contributed by atoms with Gasteiger partial charge >= 0.3 is 0 Å². The van der Waals surface area contributed by atoms with E-state index in [-0.39, 0.29) is 10.8 Å². The highest BCUT2D eigenvalue weighted by atomic mass is 16.6. The molecule has 8 saturated carbocycles. The Hall–Kier alpha value is -2.70. The van der Waals surface area contributed by atoms with Crippen molar-refractivity contribution in [3.05, 3.63) is 59.4 Å². The van der Waals surface area contributed by atoms with E-state index in [1.165, 1.54) is 93.4 Å². The van der Waals surface area contributed by atoms with Crippen LogP contribution in [-0.4, -0.2) is 39.6 Å². The molecule has 244 valence electrons. The summed E-state index contributed by atoms with van der Waals surface area (Å²) in [5.41, 5.74) is 3.49. The maximum Gasteiger partial charge on any atom is 0.164 e. The molecule has 2 aromatic carbocycles. The van der Waals surface area contributed by atoms with Crippen molar-refractivity contribution in [3.63, 3.8) is 0 Å². The SMILES string of the molecule is C1=C(COCCOc2ccc(C34CC5CC(CC(C5)C3)C4)c3ccc(C45CC6CC(CC(C6)C4)C5)c(OCCOCC4=CO4)c23)O1. The zero-order chi connectivity index (χ0) is 30.3. The first-order chi connectivity index (χ1) is 22.6. The van der Waals surface area contributed by atoms with Gasteiger partial charge in [-0.3, -0.25) is 0 Å². The lowest BCUT2D eigenvalue weighted by molar-refractivity contribution is -0.00660. The molecule has 0 amide bonds. The van der Waals surface area contributed by atoms with Gasteiger partial charge in [0.1, 0.15) is 50.5 Å². The average Bonchev–Trinajstić information content (AvgIpc) is 3.96. The van der Waals surface area contributed by atoms with E-state index in [9.17, 15) is 0 Å². The van der Waals surface area contributed by atoms with Crippen molar-refractivity contribution in [1.82, 2.24) is 0 Å². The summed E-state index contributed by atoms with van der Waals surface area (Å²) in [4.78, 5) is 0. The quantitative estimate of drug-likeness (QED) is 0.197. The number of benzene rings is 2. The van der Waals surface area contributed by atoms with E-state index in [2.05, 4.69) is 24.3 Å². The van der Waals surface area contributed by atoms with Crippen LogP contribution in [0.2, 0.25) is 0 Å². The van der Waals surface area contributed by atoms with Crippen molar-refractivity contribution in [2.45, 2.75) is 87.9 Å². The largest absolute Gasteiger partial charge is 0.490 e. The van der Waals surface area contributed by atoms with Crippen LogP contribution in [-0.2, 0) is 29.8 Å². The van der Waals surface area contributed by atoms with Gasteiger partial charge in [0.15, 0.2) is 11.5 Å². The highest BCUT2D eigenvalue weighted by molar-refractivity contribution is 5.98. The summed E-state index contributed by atoms with van der Waals surface area (Å²) in [6, 6.07) is 9.73. The summed E-state index contributed by atoms with van der Waals surface area (Å²) in [6.07, 6.45) is 20.1. The third kappa shape index (κ3) is 5.05. The predicted molar refractivity (Wildman–Crippen MR) is 175 cm³/mol. The van der Waals surface area contributed by atoms with Crippen LogP contribution in [0.15, 0.2) is 48.3 Å². The molecule has 10 aliphatic rings. The van der Waals surface area contributed by atoms with Crippen molar-refractivity contribution in [2.75, 3.05) is 39.6 Å². The molecule has 0 atom stereocenters. The van der Waals surface area contributed by atoms with Gasteiger partial charge < -0.3 is 28.4 Å². The second-order valence-corrected chi connectivity index (χ2v) is 16.6. The molecule has 8 aliphatic carbocycles. The van der Waals surface area contributed by atoms with Crippen LogP contribution in [0.25, 0.3) is 10.8 Å². The zero-order valence-electron chi connectivity index (χ0n) is 27.1. The standard InChI is InChI=1S/C40H48O6/c1-2-35(40-18-28-12-29(19-40)14-30(13-28)20-40)38(44-8-6-42-22-32-24-46-32)37-33(1)34(3-4-36(37)43-7-5-41-21-31-23-45-31)39-15-25-9-26(16-39)11-27(10-25)17-39/h1-4,23-30H,5-22H2. The van der Waals surface area contributed by atoms with E-state index in [1.54, 1.807) is 18.1 Å². The number of hydrogen-bond acceptors (Lipinski definition) is 6. The topological polar surface area (TPSA) is 62.0 Å². The fourth-order valence-electron chi connectivity index (χ4n) is 12.4. The lowest BCUT2D eigenvalue weighted by Crippen LogP contribution is -2.49. The van der Waals surface area contributed by atoms with Gasteiger partial charge in [0.05, 0.1) is 18.6 Å². The zero-order valence-corrected chi connectivity index (χ0v) is 27.1. The molecule has 12 rings (SSSR count). The Morgan fingerprint density at radius 2 is 1.00 bits per heavy atom. The fraction of sp³-hybridized carbons (Fsp3) is 0.650. The lowest BCUT2D eigenvalue weighted by Gasteiger charge is -2.58. The lowest BCUT2D eigenvalue weighted by atomic mass is 9.47. The molecule has 8 bridgehead atoms. The fourth-order valence-corrected chi connectivity index (χ4v) is 12.4. The predicted octanol–water partition coefficient (Wildman–Crippen LogP) is 8.31. The van der Waals surface area contributed by atoms with E-state index in [0.29, 0.717) is 39.6 Å². The van der Waals surface area contributed by atoms with Gasteiger partial charge in [-0.25, -0.2) is 0 Å². The summed E-state index contributed by atoms with van der Waals surface area (Å²) in [5.74, 6) is 9.11. The van der Waals surface area contributed by atoms with Gasteiger partial charge in [0, 0.05) is 5.56 Å². The van der Waals surface area contributed by atoms with E-state index in [4.69, 9.17) is 28.4 Å². The molecule has 0 aromatic heterocycles. The number of hydrogen-bond donors (Lipinski definition) is 0. The third-order valence-electron chi connectivity index (χ3n) is 13.3. The maximum atomic E-state index is 7.00. The van der Waals surface area contributed by atoms with Gasteiger partial charge in [-0.2, -0.15) is 0 Å². The Bertz CT molecular complexity index is 1520. The Morgan fingerprint density at radius 1 is 0.543 bits per heavy atom. The second-order valence-electron chi connectivity index (χ2n) is 16.6. The minimum absolute atomic E-state index is 0.209. The Labute approximate surface area is 272 Å². The summed E-state index contributed by atoms with van der Waals surface area (Å²) in [6.45, 7) is 3.11. The van der Waals surface area contributed by atoms with Crippen LogP contribution in [0, 0.1) is 35.5 Å². The van der Waals surface area contributed by atoms with Gasteiger partial charge in [0.2, 0.25) is 0 Å². The molecule has 2 aliphatic heterocycles. The maximum absolute atomic E-state index is 7.00. The van der Waals surface area contributed by atoms with Crippen molar-refractivity contribution in [3.8, 4) is 11.5 Å². The van der Waals surface area contributed by atoms with Gasteiger partial charge in [-0.15, -0.1) is 0 Å². The number of ether oxygens (including phenoxy) is 6. The molecule has 2 aromatic rings. The minimum atomic E-state index is 0.209. The van der Waals surface area contributed by atoms with E-state index >= 15 is 0 Å². The highest BCUT2D eigenvalue weighted by Crippen LogP contribution is 2.65. The third-order valence-corrected chi connectivity index (χ3v) is 13.3. The van der Waals surface area contributed by atoms with Crippen LogP contribution in [0.3, 0.4) is 0 Å². The molecule has 2 heterocycles. The van der Waals surface area contributed by atoms with E-state index in [1.807, 2.05) is 0 Å². The van der Waals surface area contributed by atoms with Crippen molar-refractivity contribution >= 4 is 10.8 Å². The Morgan fingerprint density at radius 3 is 1.50 bits per heavy atom. The summed E-state index contributed by atoms with van der Waals surface area (Å²) >= 11 is 0. The van der Waals surface area contributed by atoms with E-state index in [0.717, 1.165) is 58.5 Å². The summed E-state index contributed by atoms with van der Waals surface area (Å²) in [5, 5.41) is 2.56. The second kappa shape index (κ2) is 10.9. The van der Waals surface area contributed by atoms with Crippen molar-refractivity contribution < 1.29 is 28.4 Å². The minimum Gasteiger partial charge on any atom is -0.490 e. The van der Waals surface area contributed by atoms with Crippen molar-refractivity contribution in [1.29, 1.82) is 0 Å².